The first-order valence-corrected chi connectivity index (χ1v) is 7.25. The molecule has 0 fully saturated rings. The van der Waals surface area contributed by atoms with Crippen LogP contribution in [-0.4, -0.2) is 6.61 Å². The molecule has 2 rings (SSSR count). The Morgan fingerprint density at radius 3 is 2.00 bits per heavy atom. The summed E-state index contributed by atoms with van der Waals surface area (Å²) in [6, 6.07) is 16.6. The third kappa shape index (κ3) is 3.84. The molecule has 106 valence electrons. The highest BCUT2D eigenvalue weighted by molar-refractivity contribution is 5.64. The van der Waals surface area contributed by atoms with Gasteiger partial charge in [-0.05, 0) is 34.7 Å². The Hall–Kier alpha value is -1.80. The molecule has 2 nitrogen and oxygen atoms in total. The average Bonchev–Trinajstić information content (AvgIpc) is 2.53. The molecule has 0 aromatic heterocycles. The van der Waals surface area contributed by atoms with Crippen LogP contribution in [0.5, 0.6) is 5.75 Å². The molecule has 0 unspecified atom stereocenters. The predicted octanol–water partition coefficient (Wildman–Crippen LogP) is 4.24. The smallest absolute Gasteiger partial charge is 0.119 e. The van der Waals surface area contributed by atoms with Gasteiger partial charge in [-0.15, -0.1) is 0 Å². The maximum Gasteiger partial charge on any atom is 0.119 e. The van der Waals surface area contributed by atoms with E-state index in [1.165, 1.54) is 11.1 Å². The van der Waals surface area contributed by atoms with E-state index < -0.39 is 0 Å². The predicted molar refractivity (Wildman–Crippen MR) is 84.7 cm³/mol. The minimum absolute atomic E-state index is 0.586. The van der Waals surface area contributed by atoms with Crippen molar-refractivity contribution >= 4 is 0 Å². The first-order valence-electron chi connectivity index (χ1n) is 7.25. The Bertz CT molecular complexity index is 516. The van der Waals surface area contributed by atoms with Gasteiger partial charge in [0.15, 0.2) is 0 Å². The molecule has 0 saturated heterocycles. The van der Waals surface area contributed by atoms with Gasteiger partial charge < -0.3 is 10.5 Å². The summed E-state index contributed by atoms with van der Waals surface area (Å²) in [6.45, 7) is 5.75. The van der Waals surface area contributed by atoms with E-state index in [1.807, 2.05) is 12.1 Å². The third-order valence-electron chi connectivity index (χ3n) is 3.61. The SMILES string of the molecule is CC[C@H](C)COc1ccc(-c2ccc(CN)cc2)cc1. The van der Waals surface area contributed by atoms with Gasteiger partial charge in [-0.3, -0.25) is 0 Å². The van der Waals surface area contributed by atoms with Gasteiger partial charge in [0.1, 0.15) is 5.75 Å². The normalized spacial score (nSPS) is 12.2. The van der Waals surface area contributed by atoms with E-state index in [1.54, 1.807) is 0 Å². The van der Waals surface area contributed by atoms with Crippen LogP contribution in [0, 0.1) is 5.92 Å². The number of rotatable bonds is 6. The van der Waals surface area contributed by atoms with E-state index in [9.17, 15) is 0 Å². The summed E-state index contributed by atoms with van der Waals surface area (Å²) in [7, 11) is 0. The summed E-state index contributed by atoms with van der Waals surface area (Å²) in [6.07, 6.45) is 1.14. The van der Waals surface area contributed by atoms with Crippen LogP contribution in [0.2, 0.25) is 0 Å². The molecule has 0 saturated carbocycles. The molecule has 0 aliphatic rings. The van der Waals surface area contributed by atoms with Crippen molar-refractivity contribution in [1.29, 1.82) is 0 Å². The second-order valence-corrected chi connectivity index (χ2v) is 5.25. The van der Waals surface area contributed by atoms with E-state index >= 15 is 0 Å². The summed E-state index contributed by atoms with van der Waals surface area (Å²) in [4.78, 5) is 0. The lowest BCUT2D eigenvalue weighted by Gasteiger charge is -2.11. The van der Waals surface area contributed by atoms with E-state index in [2.05, 4.69) is 50.2 Å². The van der Waals surface area contributed by atoms with Gasteiger partial charge in [-0.2, -0.15) is 0 Å². The van der Waals surface area contributed by atoms with Crippen LogP contribution in [0.4, 0.5) is 0 Å². The van der Waals surface area contributed by atoms with Gasteiger partial charge in [-0.1, -0.05) is 56.7 Å². The van der Waals surface area contributed by atoms with Gasteiger partial charge in [0, 0.05) is 6.54 Å². The molecule has 2 aromatic carbocycles. The molecular formula is C18H23NO. The molecule has 20 heavy (non-hydrogen) atoms. The zero-order valence-electron chi connectivity index (χ0n) is 12.3. The molecular weight excluding hydrogens is 246 g/mol. The number of hydrogen-bond donors (Lipinski definition) is 1. The summed E-state index contributed by atoms with van der Waals surface area (Å²) >= 11 is 0. The van der Waals surface area contributed by atoms with Gasteiger partial charge >= 0.3 is 0 Å². The molecule has 2 N–H and O–H groups in total. The Balaban J connectivity index is 2.03. The summed E-state index contributed by atoms with van der Waals surface area (Å²) in [5.41, 5.74) is 9.17. The number of ether oxygens (including phenoxy) is 1. The first-order chi connectivity index (χ1) is 9.72. The maximum atomic E-state index is 5.77. The summed E-state index contributed by atoms with van der Waals surface area (Å²) in [5, 5.41) is 0. The Kier molecular flexibility index (Phi) is 5.19. The monoisotopic (exact) mass is 269 g/mol. The molecule has 2 heteroatoms. The van der Waals surface area contributed by atoms with Crippen molar-refractivity contribution in [3.8, 4) is 16.9 Å². The molecule has 0 heterocycles. The van der Waals surface area contributed by atoms with Crippen molar-refractivity contribution in [2.24, 2.45) is 11.7 Å². The lowest BCUT2D eigenvalue weighted by atomic mass is 10.0. The zero-order valence-corrected chi connectivity index (χ0v) is 12.3. The molecule has 2 aromatic rings. The topological polar surface area (TPSA) is 35.2 Å². The zero-order chi connectivity index (χ0) is 14.4. The largest absolute Gasteiger partial charge is 0.493 e. The van der Waals surface area contributed by atoms with Crippen LogP contribution in [-0.2, 0) is 6.54 Å². The van der Waals surface area contributed by atoms with Crippen molar-refractivity contribution in [3.63, 3.8) is 0 Å². The van der Waals surface area contributed by atoms with Crippen LogP contribution in [0.25, 0.3) is 11.1 Å². The van der Waals surface area contributed by atoms with Crippen molar-refractivity contribution < 1.29 is 4.74 Å². The minimum atomic E-state index is 0.586. The van der Waals surface area contributed by atoms with Gasteiger partial charge in [0.05, 0.1) is 6.61 Å². The standard InChI is InChI=1S/C18H23NO/c1-3-14(2)13-20-18-10-8-17(9-11-18)16-6-4-15(12-19)5-7-16/h4-11,14H,3,12-13,19H2,1-2H3/t14-/m0/s1. The lowest BCUT2D eigenvalue weighted by molar-refractivity contribution is 0.256. The van der Waals surface area contributed by atoms with Gasteiger partial charge in [0.2, 0.25) is 0 Å². The van der Waals surface area contributed by atoms with E-state index in [0.29, 0.717) is 12.5 Å². The van der Waals surface area contributed by atoms with Gasteiger partial charge in [-0.25, -0.2) is 0 Å². The molecule has 1 atom stereocenters. The second-order valence-electron chi connectivity index (χ2n) is 5.25. The summed E-state index contributed by atoms with van der Waals surface area (Å²) < 4.78 is 5.77. The van der Waals surface area contributed by atoms with Gasteiger partial charge in [0.25, 0.3) is 0 Å². The Morgan fingerprint density at radius 1 is 0.950 bits per heavy atom. The fourth-order valence-corrected chi connectivity index (χ4v) is 1.93. The maximum absolute atomic E-state index is 5.77. The van der Waals surface area contributed by atoms with Crippen LogP contribution in [0.15, 0.2) is 48.5 Å². The van der Waals surface area contributed by atoms with E-state index in [0.717, 1.165) is 24.3 Å². The highest BCUT2D eigenvalue weighted by atomic mass is 16.5. The third-order valence-corrected chi connectivity index (χ3v) is 3.61. The van der Waals surface area contributed by atoms with Crippen molar-refractivity contribution in [2.75, 3.05) is 6.61 Å². The van der Waals surface area contributed by atoms with Crippen molar-refractivity contribution in [2.45, 2.75) is 26.8 Å². The average molecular weight is 269 g/mol. The van der Waals surface area contributed by atoms with Crippen molar-refractivity contribution in [3.05, 3.63) is 54.1 Å². The molecule has 0 aliphatic heterocycles. The molecule has 0 amide bonds. The minimum Gasteiger partial charge on any atom is -0.493 e. The van der Waals surface area contributed by atoms with E-state index in [-0.39, 0.29) is 0 Å². The lowest BCUT2D eigenvalue weighted by Crippen LogP contribution is -2.06. The highest BCUT2D eigenvalue weighted by Crippen LogP contribution is 2.23. The number of nitrogens with two attached hydrogens (primary N) is 1. The Labute approximate surface area is 121 Å². The van der Waals surface area contributed by atoms with Crippen LogP contribution in [0.3, 0.4) is 0 Å². The quantitative estimate of drug-likeness (QED) is 0.851. The van der Waals surface area contributed by atoms with Crippen LogP contribution < -0.4 is 10.5 Å². The highest BCUT2D eigenvalue weighted by Gasteiger charge is 2.02. The van der Waals surface area contributed by atoms with Crippen LogP contribution in [0.1, 0.15) is 25.8 Å². The number of benzene rings is 2. The van der Waals surface area contributed by atoms with Crippen LogP contribution >= 0.6 is 0 Å². The molecule has 0 aliphatic carbocycles. The fraction of sp³-hybridized carbons (Fsp3) is 0.333. The first kappa shape index (κ1) is 14.6. The second kappa shape index (κ2) is 7.11. The molecule has 0 bridgehead atoms. The fourth-order valence-electron chi connectivity index (χ4n) is 1.93. The van der Waals surface area contributed by atoms with Crippen molar-refractivity contribution in [1.82, 2.24) is 0 Å². The Morgan fingerprint density at radius 2 is 1.50 bits per heavy atom. The molecule has 0 radical (unpaired) electrons. The summed E-state index contributed by atoms with van der Waals surface area (Å²) in [5.74, 6) is 1.53. The molecule has 0 spiro atoms. The number of hydrogen-bond acceptors (Lipinski definition) is 2. The van der Waals surface area contributed by atoms with E-state index in [4.69, 9.17) is 10.5 Å².